The molecule has 180 valence electrons. The minimum absolute atomic E-state index is 0.00836. The van der Waals surface area contributed by atoms with E-state index in [9.17, 15) is 4.79 Å². The zero-order valence-electron chi connectivity index (χ0n) is 21.3. The zero-order chi connectivity index (χ0) is 25.6. The molecule has 0 amide bonds. The first kappa shape index (κ1) is 22.9. The summed E-state index contributed by atoms with van der Waals surface area (Å²) in [7, 11) is 2.10. The Labute approximate surface area is 217 Å². The first-order valence-corrected chi connectivity index (χ1v) is 12.6. The fourth-order valence-electron chi connectivity index (χ4n) is 5.66. The normalized spacial score (nSPS) is 15.9. The average Bonchev–Trinajstić information content (AvgIpc) is 3.13. The van der Waals surface area contributed by atoms with Gasteiger partial charge in [-0.1, -0.05) is 86.6 Å². The maximum absolute atomic E-state index is 14.3. The fraction of sp³-hybridized carbons (Fsp3) is 0.118. The van der Waals surface area contributed by atoms with E-state index in [1.807, 2.05) is 65.4 Å². The molecule has 1 aliphatic rings. The first-order valence-electron chi connectivity index (χ1n) is 12.6. The molecule has 0 fully saturated rings. The van der Waals surface area contributed by atoms with Gasteiger partial charge in [-0.25, -0.2) is 0 Å². The van der Waals surface area contributed by atoms with E-state index in [2.05, 4.69) is 86.5 Å². The van der Waals surface area contributed by atoms with Crippen molar-refractivity contribution in [2.75, 3.05) is 11.9 Å². The highest BCUT2D eigenvalue weighted by atomic mass is 16.1. The molecule has 0 aliphatic carbocycles. The topological polar surface area (TPSA) is 24.2 Å². The van der Waals surface area contributed by atoms with Crippen molar-refractivity contribution >= 4 is 38.8 Å². The third kappa shape index (κ3) is 3.75. The summed E-state index contributed by atoms with van der Waals surface area (Å²) in [6, 6.07) is 34.8. The molecule has 0 spiro atoms. The summed E-state index contributed by atoms with van der Waals surface area (Å²) in [6.45, 7) is 4.48. The first-order chi connectivity index (χ1) is 18.0. The number of hydrogen-bond acceptors (Lipinski definition) is 2. The Bertz CT molecular complexity index is 1730. The molecule has 1 aromatic heterocycles. The summed E-state index contributed by atoms with van der Waals surface area (Å²) in [6.07, 6.45) is 6.09. The van der Waals surface area contributed by atoms with Crippen molar-refractivity contribution in [1.29, 1.82) is 0 Å². The number of rotatable bonds is 4. The Kier molecular flexibility index (Phi) is 5.49. The van der Waals surface area contributed by atoms with E-state index in [-0.39, 0.29) is 11.2 Å². The molecule has 0 radical (unpaired) electrons. The van der Waals surface area contributed by atoms with Crippen LogP contribution in [0.1, 0.15) is 29.8 Å². The van der Waals surface area contributed by atoms with Crippen molar-refractivity contribution in [3.8, 4) is 0 Å². The van der Waals surface area contributed by atoms with Gasteiger partial charge in [-0.05, 0) is 40.6 Å². The van der Waals surface area contributed by atoms with Crippen LogP contribution in [0.15, 0.2) is 127 Å². The van der Waals surface area contributed by atoms with Crippen LogP contribution >= 0.6 is 0 Å². The molecule has 1 aliphatic heterocycles. The van der Waals surface area contributed by atoms with E-state index in [1.54, 1.807) is 0 Å². The molecule has 0 unspecified atom stereocenters. The van der Waals surface area contributed by atoms with Crippen LogP contribution in [0.25, 0.3) is 27.4 Å². The number of fused-ring (bicyclic) bond motifs is 3. The van der Waals surface area contributed by atoms with Crippen molar-refractivity contribution in [2.24, 2.45) is 0 Å². The van der Waals surface area contributed by atoms with Crippen molar-refractivity contribution in [2.45, 2.75) is 19.3 Å². The molecule has 2 heterocycles. The molecule has 5 aromatic rings. The molecule has 4 aromatic carbocycles. The van der Waals surface area contributed by atoms with Crippen LogP contribution in [0, 0.1) is 0 Å². The van der Waals surface area contributed by atoms with Gasteiger partial charge in [-0.3, -0.25) is 4.79 Å². The van der Waals surface area contributed by atoms with Gasteiger partial charge in [0, 0.05) is 53.0 Å². The van der Waals surface area contributed by atoms with Gasteiger partial charge in [0.25, 0.3) is 11.5 Å². The molecule has 0 bridgehead atoms. The number of ketones is 1. The number of pyridine rings is 1. The smallest absolute Gasteiger partial charge is 0.259 e. The van der Waals surface area contributed by atoms with E-state index in [0.717, 1.165) is 27.4 Å². The van der Waals surface area contributed by atoms with Gasteiger partial charge >= 0.3 is 0 Å². The SMILES string of the molecule is CN1/C(=C\C=C(\C(=O)c2cccc3ccccc23)[n+]2cccc3ccccc32)C(C)(C)c2ccccc21. The van der Waals surface area contributed by atoms with Crippen molar-refractivity contribution in [3.63, 3.8) is 0 Å². The highest BCUT2D eigenvalue weighted by Crippen LogP contribution is 2.46. The minimum atomic E-state index is -0.182. The Hall–Kier alpha value is -4.50. The molecule has 3 nitrogen and oxygen atoms in total. The monoisotopic (exact) mass is 481 g/mol. The van der Waals surface area contributed by atoms with Crippen LogP contribution in [0.4, 0.5) is 5.69 Å². The predicted octanol–water partition coefficient (Wildman–Crippen LogP) is 7.32. The summed E-state index contributed by atoms with van der Waals surface area (Å²) in [5.41, 5.74) is 5.76. The zero-order valence-corrected chi connectivity index (χ0v) is 21.3. The number of hydrogen-bond donors (Lipinski definition) is 0. The lowest BCUT2D eigenvalue weighted by molar-refractivity contribution is -0.547. The molecular formula is C34H29N2O+. The number of allylic oxidation sites excluding steroid dienone is 4. The van der Waals surface area contributed by atoms with Gasteiger partial charge in [-0.15, -0.1) is 0 Å². The lowest BCUT2D eigenvalue weighted by atomic mass is 9.83. The third-order valence-electron chi connectivity index (χ3n) is 7.57. The lowest BCUT2D eigenvalue weighted by Gasteiger charge is -2.23. The summed E-state index contributed by atoms with van der Waals surface area (Å²) in [4.78, 5) is 16.6. The second kappa shape index (κ2) is 8.86. The molecule has 6 rings (SSSR count). The van der Waals surface area contributed by atoms with E-state index in [4.69, 9.17) is 0 Å². The number of carbonyl (C=O) groups is 1. The van der Waals surface area contributed by atoms with Gasteiger partial charge in [0.1, 0.15) is 0 Å². The largest absolute Gasteiger partial charge is 0.347 e. The van der Waals surface area contributed by atoms with E-state index in [1.165, 1.54) is 11.3 Å². The number of Topliss-reactive ketones (excluding diaryl/α,β-unsaturated/α-hetero) is 1. The molecule has 0 saturated heterocycles. The molecule has 0 atom stereocenters. The number of anilines is 1. The minimum Gasteiger partial charge on any atom is -0.347 e. The fourth-order valence-corrected chi connectivity index (χ4v) is 5.66. The molecule has 0 saturated carbocycles. The summed E-state index contributed by atoms with van der Waals surface area (Å²) < 4.78 is 2.02. The van der Waals surface area contributed by atoms with Gasteiger partial charge in [0.15, 0.2) is 6.20 Å². The average molecular weight is 482 g/mol. The third-order valence-corrected chi connectivity index (χ3v) is 7.57. The number of nitrogens with zero attached hydrogens (tertiary/aromatic N) is 2. The van der Waals surface area contributed by atoms with Crippen LogP contribution in [0.3, 0.4) is 0 Å². The standard InChI is InChI=1S/C34H29N2O/c1-34(2)28-18-7-9-20-30(28)35(3)32(34)22-21-31(36-23-11-15-25-13-5-8-19-29(25)36)33(37)27-17-10-14-24-12-4-6-16-26(24)27/h4-23H,1-3H3/q+1/b31-21-,32-22-. The van der Waals surface area contributed by atoms with Crippen LogP contribution < -0.4 is 9.47 Å². The molecule has 3 heteroatoms. The predicted molar refractivity (Wildman–Crippen MR) is 153 cm³/mol. The van der Waals surface area contributed by atoms with Crippen LogP contribution in [0.2, 0.25) is 0 Å². The van der Waals surface area contributed by atoms with Gasteiger partial charge in [0.05, 0.1) is 0 Å². The van der Waals surface area contributed by atoms with E-state index in [0.29, 0.717) is 11.3 Å². The van der Waals surface area contributed by atoms with E-state index < -0.39 is 0 Å². The second-order valence-corrected chi connectivity index (χ2v) is 10.1. The van der Waals surface area contributed by atoms with Crippen molar-refractivity contribution < 1.29 is 9.36 Å². The Morgan fingerprint density at radius 1 is 0.784 bits per heavy atom. The number of likely N-dealkylation sites (N-methyl/N-ethyl adjacent to an activating group) is 1. The lowest BCUT2D eigenvalue weighted by Crippen LogP contribution is -2.37. The Balaban J connectivity index is 1.57. The molecular weight excluding hydrogens is 452 g/mol. The molecule has 37 heavy (non-hydrogen) atoms. The quantitative estimate of drug-likeness (QED) is 0.153. The van der Waals surface area contributed by atoms with E-state index >= 15 is 0 Å². The van der Waals surface area contributed by atoms with Crippen molar-refractivity contribution in [1.82, 2.24) is 0 Å². The molecule has 0 N–H and O–H groups in total. The maximum atomic E-state index is 14.3. The van der Waals surface area contributed by atoms with Crippen molar-refractivity contribution in [3.05, 3.63) is 138 Å². The van der Waals surface area contributed by atoms with Gasteiger partial charge < -0.3 is 4.90 Å². The number of aromatic nitrogens is 1. The second-order valence-electron chi connectivity index (χ2n) is 10.1. The van der Waals surface area contributed by atoms with Gasteiger partial charge in [-0.2, -0.15) is 4.57 Å². The summed E-state index contributed by atoms with van der Waals surface area (Å²) >= 11 is 0. The van der Waals surface area contributed by atoms with Gasteiger partial charge in [0.2, 0.25) is 5.52 Å². The summed E-state index contributed by atoms with van der Waals surface area (Å²) in [5.74, 6) is -0.00836. The van der Waals surface area contributed by atoms with Crippen LogP contribution in [-0.4, -0.2) is 12.8 Å². The maximum Gasteiger partial charge on any atom is 0.259 e. The highest BCUT2D eigenvalue weighted by Gasteiger charge is 2.38. The van der Waals surface area contributed by atoms with Crippen LogP contribution in [0.5, 0.6) is 0 Å². The highest BCUT2D eigenvalue weighted by molar-refractivity contribution is 6.26. The Morgan fingerprint density at radius 3 is 2.30 bits per heavy atom. The van der Waals surface area contributed by atoms with Crippen LogP contribution in [-0.2, 0) is 5.41 Å². The Morgan fingerprint density at radius 2 is 1.46 bits per heavy atom. The number of carbonyl (C=O) groups excluding carboxylic acids is 1. The number of para-hydroxylation sites is 2. The summed E-state index contributed by atoms with van der Waals surface area (Å²) in [5, 5.41) is 3.10. The number of benzene rings is 4.